The Hall–Kier alpha value is -0.0400. The Kier molecular flexibility index (Phi) is 59.9. The van der Waals surface area contributed by atoms with E-state index in [1.165, 1.54) is 19.3 Å². The van der Waals surface area contributed by atoms with Crippen molar-refractivity contribution in [2.75, 3.05) is 20.1 Å². The number of nitrogens with zero attached hydrogens (tertiary/aromatic N) is 1. The maximum Gasteiger partial charge on any atom is -0.00504 e. The average molecular weight is 219 g/mol. The Balaban J connectivity index is -0.0000000590. The summed E-state index contributed by atoms with van der Waals surface area (Å²) < 4.78 is 0. The van der Waals surface area contributed by atoms with Crippen LogP contribution in [-0.4, -0.2) is 25.0 Å². The minimum absolute atomic E-state index is 1.16. The van der Waals surface area contributed by atoms with Crippen molar-refractivity contribution in [1.82, 2.24) is 4.90 Å². The van der Waals surface area contributed by atoms with Gasteiger partial charge in [-0.2, -0.15) is 0 Å². The zero-order chi connectivity index (χ0) is 13.1. The molecule has 1 nitrogen and oxygen atoms in total. The van der Waals surface area contributed by atoms with Crippen molar-refractivity contribution in [3.05, 3.63) is 0 Å². The second-order valence-electron chi connectivity index (χ2n) is 3.20. The second-order valence-corrected chi connectivity index (χ2v) is 3.20. The lowest BCUT2D eigenvalue weighted by atomic mass is 10.4. The summed E-state index contributed by atoms with van der Waals surface area (Å²) in [6, 6.07) is 0. The van der Waals surface area contributed by atoms with E-state index in [-0.39, 0.29) is 0 Å². The molecular weight excluding hydrogens is 182 g/mol. The fraction of sp³-hybridized carbons (Fsp3) is 1.00. The molecule has 0 aromatic carbocycles. The topological polar surface area (TPSA) is 3.24 Å². The Bertz CT molecular complexity index is 47.3. The molecule has 0 aliphatic carbocycles. The maximum atomic E-state index is 2.25. The van der Waals surface area contributed by atoms with Gasteiger partial charge < -0.3 is 4.90 Å². The number of hydrogen-bond donors (Lipinski definition) is 0. The largest absolute Gasteiger partial charge is 0.307 e. The molecule has 0 rings (SSSR count). The monoisotopic (exact) mass is 219 g/mol. The van der Waals surface area contributed by atoms with E-state index in [9.17, 15) is 0 Å². The molecule has 0 bridgehead atoms. The summed E-state index contributed by atoms with van der Waals surface area (Å²) in [5.74, 6) is 0. The molecule has 0 atom stereocenters. The lowest BCUT2D eigenvalue weighted by molar-refractivity contribution is 0.373. The highest BCUT2D eigenvalue weighted by atomic mass is 15.1. The molecule has 0 saturated carbocycles. The quantitative estimate of drug-likeness (QED) is 0.630. The summed E-state index contributed by atoms with van der Waals surface area (Å²) in [6.07, 6.45) is 3.89. The molecule has 98 valence electrons. The fourth-order valence-corrected chi connectivity index (χ4v) is 0.224. The molecule has 0 amide bonds. The zero-order valence-electron chi connectivity index (χ0n) is 13.0. The molecule has 15 heavy (non-hydrogen) atoms. The molecule has 0 aromatic rings. The zero-order valence-corrected chi connectivity index (χ0v) is 13.0. The van der Waals surface area contributed by atoms with E-state index in [0.29, 0.717) is 0 Å². The van der Waals surface area contributed by atoms with Crippen molar-refractivity contribution in [2.24, 2.45) is 0 Å². The lowest BCUT2D eigenvalue weighted by Crippen LogP contribution is -2.15. The molecule has 0 aliphatic heterocycles. The minimum atomic E-state index is 1.16. The van der Waals surface area contributed by atoms with Crippen molar-refractivity contribution in [2.45, 2.75) is 74.7 Å². The highest BCUT2D eigenvalue weighted by Gasteiger charge is 1.81. The first-order valence-corrected chi connectivity index (χ1v) is 6.82. The second kappa shape index (κ2) is 37.0. The van der Waals surface area contributed by atoms with Gasteiger partial charge >= 0.3 is 0 Å². The third-order valence-electron chi connectivity index (χ3n) is 1.58. The normalized spacial score (nSPS) is 7.60. The molecule has 0 aliphatic rings. The molecular formula is C14H37N. The third-order valence-corrected chi connectivity index (χ3v) is 1.58. The molecule has 0 aromatic heterocycles. The molecule has 0 radical (unpaired) electrons. The van der Waals surface area contributed by atoms with Crippen LogP contribution in [0.2, 0.25) is 0 Å². The summed E-state index contributed by atoms with van der Waals surface area (Å²) >= 11 is 0. The van der Waals surface area contributed by atoms with E-state index in [4.69, 9.17) is 0 Å². The van der Waals surface area contributed by atoms with Crippen LogP contribution in [0.3, 0.4) is 0 Å². The highest BCUT2D eigenvalue weighted by molar-refractivity contribution is 4.36. The van der Waals surface area contributed by atoms with Gasteiger partial charge in [-0.25, -0.2) is 0 Å². The lowest BCUT2D eigenvalue weighted by Gasteiger charge is -2.07. The van der Waals surface area contributed by atoms with Crippen LogP contribution in [0.4, 0.5) is 0 Å². The number of hydrogen-bond acceptors (Lipinski definition) is 1. The van der Waals surface area contributed by atoms with Crippen LogP contribution in [-0.2, 0) is 0 Å². The summed E-state index contributed by atoms with van der Waals surface area (Å²) in [5, 5.41) is 0. The molecule has 0 N–H and O–H groups in total. The van der Waals surface area contributed by atoms with Crippen LogP contribution < -0.4 is 0 Å². The van der Waals surface area contributed by atoms with E-state index in [1.54, 1.807) is 0 Å². The summed E-state index contributed by atoms with van der Waals surface area (Å²) in [7, 11) is 2.11. The van der Waals surface area contributed by atoms with Gasteiger partial charge in [-0.05, 0) is 20.1 Å². The standard InChI is InChI=1S/C5H13N.C4H10.C3H8.C2H6/c1-4-6(3)5-2;1-3-4-2;1-3-2;1-2/h4-5H2,1-3H3;3-4H2,1-2H3;3H2,1-2H3;1-2H3. The smallest absolute Gasteiger partial charge is 0.00504 e. The van der Waals surface area contributed by atoms with Crippen LogP contribution in [0.1, 0.15) is 74.7 Å². The van der Waals surface area contributed by atoms with Gasteiger partial charge in [0.05, 0.1) is 0 Å². The summed E-state index contributed by atoms with van der Waals surface area (Å²) in [4.78, 5) is 2.25. The molecule has 0 saturated heterocycles. The molecule has 0 unspecified atom stereocenters. The summed E-state index contributed by atoms with van der Waals surface area (Å²) in [5.41, 5.74) is 0. The van der Waals surface area contributed by atoms with Gasteiger partial charge in [-0.15, -0.1) is 0 Å². The van der Waals surface area contributed by atoms with E-state index in [2.05, 4.69) is 53.5 Å². The van der Waals surface area contributed by atoms with Gasteiger partial charge in [0.25, 0.3) is 0 Å². The Morgan fingerprint density at radius 1 is 0.667 bits per heavy atom. The number of rotatable bonds is 3. The first-order valence-electron chi connectivity index (χ1n) is 6.82. The van der Waals surface area contributed by atoms with E-state index >= 15 is 0 Å². The highest BCUT2D eigenvalue weighted by Crippen LogP contribution is 1.76. The first kappa shape index (κ1) is 24.3. The summed E-state index contributed by atoms with van der Waals surface area (Å²) in [6.45, 7) is 19.2. The Morgan fingerprint density at radius 2 is 0.867 bits per heavy atom. The molecule has 1 heteroatoms. The first-order chi connectivity index (χ1) is 7.14. The van der Waals surface area contributed by atoms with Gasteiger partial charge in [0, 0.05) is 0 Å². The van der Waals surface area contributed by atoms with Crippen molar-refractivity contribution < 1.29 is 0 Å². The average Bonchev–Trinajstić information content (AvgIpc) is 2.32. The van der Waals surface area contributed by atoms with Gasteiger partial charge in [0.2, 0.25) is 0 Å². The van der Waals surface area contributed by atoms with Crippen LogP contribution in [0, 0.1) is 0 Å². The van der Waals surface area contributed by atoms with E-state index in [0.717, 1.165) is 13.1 Å². The van der Waals surface area contributed by atoms with Crippen LogP contribution in [0.5, 0.6) is 0 Å². The molecule has 0 fully saturated rings. The Labute approximate surface area is 100 Å². The molecule has 0 heterocycles. The third kappa shape index (κ3) is 81.2. The van der Waals surface area contributed by atoms with E-state index in [1.807, 2.05) is 13.8 Å². The SMILES string of the molecule is CC.CCC.CCCC.CCN(C)CC. The van der Waals surface area contributed by atoms with Crippen LogP contribution in [0.15, 0.2) is 0 Å². The predicted octanol–water partition coefficient (Wildman–Crippen LogP) is 5.21. The minimum Gasteiger partial charge on any atom is -0.307 e. The van der Waals surface area contributed by atoms with E-state index < -0.39 is 0 Å². The van der Waals surface area contributed by atoms with Crippen molar-refractivity contribution in [3.63, 3.8) is 0 Å². The van der Waals surface area contributed by atoms with Gasteiger partial charge in [-0.1, -0.05) is 74.7 Å². The molecule has 0 spiro atoms. The Morgan fingerprint density at radius 3 is 0.867 bits per heavy atom. The fourth-order valence-electron chi connectivity index (χ4n) is 0.224. The van der Waals surface area contributed by atoms with Crippen LogP contribution in [0.25, 0.3) is 0 Å². The predicted molar refractivity (Wildman–Crippen MR) is 76.7 cm³/mol. The van der Waals surface area contributed by atoms with Gasteiger partial charge in [0.1, 0.15) is 0 Å². The van der Waals surface area contributed by atoms with Crippen molar-refractivity contribution in [3.8, 4) is 0 Å². The number of unbranched alkanes of at least 4 members (excludes halogenated alkanes) is 1. The maximum absolute atomic E-state index is 2.25. The van der Waals surface area contributed by atoms with Gasteiger partial charge in [0.15, 0.2) is 0 Å². The van der Waals surface area contributed by atoms with Crippen molar-refractivity contribution in [1.29, 1.82) is 0 Å². The van der Waals surface area contributed by atoms with Crippen LogP contribution >= 0.6 is 0 Å². The van der Waals surface area contributed by atoms with Gasteiger partial charge in [-0.3, -0.25) is 0 Å². The van der Waals surface area contributed by atoms with Crippen molar-refractivity contribution >= 4 is 0 Å².